The Hall–Kier alpha value is -1.66. The highest BCUT2D eigenvalue weighted by Gasteiger charge is 2.16. The number of aromatic nitrogens is 3. The van der Waals surface area contributed by atoms with E-state index in [2.05, 4.69) is 15.1 Å². The van der Waals surface area contributed by atoms with Gasteiger partial charge in [-0.3, -0.25) is 0 Å². The van der Waals surface area contributed by atoms with Crippen LogP contribution in [-0.4, -0.2) is 26.8 Å². The highest BCUT2D eigenvalue weighted by atomic mass is 16.5. The topological polar surface area (TPSA) is 101 Å². The highest BCUT2D eigenvalue weighted by molar-refractivity contribution is 5.47. The van der Waals surface area contributed by atoms with Gasteiger partial charge in [-0.15, -0.1) is 0 Å². The molecule has 0 aliphatic heterocycles. The SMILES string of the molecule is NCCC(O)c1nc(-c2ccc[nH]2)no1. The van der Waals surface area contributed by atoms with Crippen molar-refractivity contribution in [3.8, 4) is 11.5 Å². The molecule has 6 nitrogen and oxygen atoms in total. The second-order valence-corrected chi connectivity index (χ2v) is 3.13. The Kier molecular flexibility index (Phi) is 2.79. The predicted octanol–water partition coefficient (Wildman–Crippen LogP) is 0.447. The summed E-state index contributed by atoms with van der Waals surface area (Å²) in [6.07, 6.45) is 1.39. The number of rotatable bonds is 4. The maximum Gasteiger partial charge on any atom is 0.255 e. The summed E-state index contributed by atoms with van der Waals surface area (Å²) in [5.74, 6) is 0.635. The molecule has 0 radical (unpaired) electrons. The minimum absolute atomic E-state index is 0.199. The second kappa shape index (κ2) is 4.24. The molecule has 0 bridgehead atoms. The fraction of sp³-hybridized carbons (Fsp3) is 0.333. The van der Waals surface area contributed by atoms with Crippen LogP contribution in [0.3, 0.4) is 0 Å². The Labute approximate surface area is 86.1 Å². The van der Waals surface area contributed by atoms with E-state index in [4.69, 9.17) is 10.3 Å². The zero-order valence-corrected chi connectivity index (χ0v) is 8.05. The van der Waals surface area contributed by atoms with Crippen molar-refractivity contribution in [2.75, 3.05) is 6.54 Å². The maximum atomic E-state index is 9.54. The molecule has 0 aromatic carbocycles. The first-order chi connectivity index (χ1) is 7.31. The van der Waals surface area contributed by atoms with Gasteiger partial charge in [-0.1, -0.05) is 5.16 Å². The van der Waals surface area contributed by atoms with Crippen molar-refractivity contribution in [3.63, 3.8) is 0 Å². The van der Waals surface area contributed by atoms with Crippen molar-refractivity contribution >= 4 is 0 Å². The number of aliphatic hydroxyl groups excluding tert-OH is 1. The number of nitrogens with two attached hydrogens (primary N) is 1. The Morgan fingerprint density at radius 1 is 1.60 bits per heavy atom. The third-order valence-corrected chi connectivity index (χ3v) is 2.01. The van der Waals surface area contributed by atoms with E-state index in [-0.39, 0.29) is 5.89 Å². The van der Waals surface area contributed by atoms with E-state index in [0.29, 0.717) is 18.8 Å². The summed E-state index contributed by atoms with van der Waals surface area (Å²) in [5, 5.41) is 13.3. The van der Waals surface area contributed by atoms with E-state index >= 15 is 0 Å². The van der Waals surface area contributed by atoms with E-state index in [0.717, 1.165) is 5.69 Å². The molecule has 0 saturated carbocycles. The number of hydrogen-bond acceptors (Lipinski definition) is 5. The summed E-state index contributed by atoms with van der Waals surface area (Å²) in [7, 11) is 0. The van der Waals surface area contributed by atoms with Gasteiger partial charge < -0.3 is 20.3 Å². The van der Waals surface area contributed by atoms with Crippen LogP contribution in [0.2, 0.25) is 0 Å². The average Bonchev–Trinajstić information content (AvgIpc) is 2.89. The lowest BCUT2D eigenvalue weighted by Crippen LogP contribution is -2.06. The number of aromatic amines is 1. The number of nitrogens with one attached hydrogen (secondary N) is 1. The first kappa shape index (κ1) is 9.88. The Balaban J connectivity index is 2.17. The normalized spacial score (nSPS) is 12.9. The van der Waals surface area contributed by atoms with Gasteiger partial charge in [-0.05, 0) is 25.1 Å². The molecule has 2 aromatic rings. The van der Waals surface area contributed by atoms with Gasteiger partial charge in [0.15, 0.2) is 0 Å². The summed E-state index contributed by atoms with van der Waals surface area (Å²) in [6.45, 7) is 0.376. The van der Waals surface area contributed by atoms with E-state index < -0.39 is 6.10 Å². The van der Waals surface area contributed by atoms with Crippen LogP contribution in [0.25, 0.3) is 11.5 Å². The van der Waals surface area contributed by atoms with Gasteiger partial charge in [-0.2, -0.15) is 4.98 Å². The van der Waals surface area contributed by atoms with Crippen molar-refractivity contribution in [3.05, 3.63) is 24.2 Å². The van der Waals surface area contributed by atoms with Crippen LogP contribution in [0.4, 0.5) is 0 Å². The van der Waals surface area contributed by atoms with Crippen LogP contribution in [0.15, 0.2) is 22.9 Å². The molecule has 6 heteroatoms. The quantitative estimate of drug-likeness (QED) is 0.677. The zero-order valence-electron chi connectivity index (χ0n) is 8.05. The third kappa shape index (κ3) is 2.05. The van der Waals surface area contributed by atoms with Gasteiger partial charge in [0.2, 0.25) is 5.82 Å². The number of hydrogen-bond donors (Lipinski definition) is 3. The summed E-state index contributed by atoms with van der Waals surface area (Å²) in [4.78, 5) is 7.00. The summed E-state index contributed by atoms with van der Waals surface area (Å²) >= 11 is 0. The molecule has 1 unspecified atom stereocenters. The second-order valence-electron chi connectivity index (χ2n) is 3.13. The molecule has 2 heterocycles. The summed E-state index contributed by atoms with van der Waals surface area (Å²) in [5.41, 5.74) is 6.07. The smallest absolute Gasteiger partial charge is 0.255 e. The van der Waals surface area contributed by atoms with Crippen LogP contribution < -0.4 is 5.73 Å². The molecule has 0 aliphatic carbocycles. The molecule has 0 fully saturated rings. The Morgan fingerprint density at radius 2 is 2.47 bits per heavy atom. The van der Waals surface area contributed by atoms with E-state index in [9.17, 15) is 5.11 Å². The van der Waals surface area contributed by atoms with E-state index in [1.165, 1.54) is 0 Å². The zero-order chi connectivity index (χ0) is 10.7. The van der Waals surface area contributed by atoms with Gasteiger partial charge in [0, 0.05) is 6.20 Å². The van der Waals surface area contributed by atoms with Crippen LogP contribution in [-0.2, 0) is 0 Å². The molecule has 2 aromatic heterocycles. The van der Waals surface area contributed by atoms with Gasteiger partial charge in [-0.25, -0.2) is 0 Å². The van der Waals surface area contributed by atoms with E-state index in [1.807, 2.05) is 12.1 Å². The van der Waals surface area contributed by atoms with Crippen LogP contribution in [0.1, 0.15) is 18.4 Å². The van der Waals surface area contributed by atoms with Crippen molar-refractivity contribution in [1.29, 1.82) is 0 Å². The van der Waals surface area contributed by atoms with Crippen LogP contribution in [0.5, 0.6) is 0 Å². The first-order valence-electron chi connectivity index (χ1n) is 4.66. The van der Waals surface area contributed by atoms with Gasteiger partial charge in [0.25, 0.3) is 5.89 Å². The molecule has 80 valence electrons. The molecule has 0 spiro atoms. The van der Waals surface area contributed by atoms with Crippen molar-refractivity contribution in [2.45, 2.75) is 12.5 Å². The molecule has 2 rings (SSSR count). The molecule has 0 aliphatic rings. The van der Waals surface area contributed by atoms with Gasteiger partial charge in [0.1, 0.15) is 6.10 Å². The van der Waals surface area contributed by atoms with Crippen molar-refractivity contribution < 1.29 is 9.63 Å². The largest absolute Gasteiger partial charge is 0.383 e. The van der Waals surface area contributed by atoms with E-state index in [1.54, 1.807) is 6.20 Å². The van der Waals surface area contributed by atoms with Gasteiger partial charge in [0.05, 0.1) is 5.69 Å². The van der Waals surface area contributed by atoms with Crippen LogP contribution in [0, 0.1) is 0 Å². The van der Waals surface area contributed by atoms with Crippen molar-refractivity contribution in [1.82, 2.24) is 15.1 Å². The highest BCUT2D eigenvalue weighted by Crippen LogP contribution is 2.18. The Bertz CT molecular complexity index is 409. The molecule has 0 amide bonds. The van der Waals surface area contributed by atoms with Gasteiger partial charge >= 0.3 is 0 Å². The molecule has 0 saturated heterocycles. The summed E-state index contributed by atoms with van der Waals surface area (Å²) in [6, 6.07) is 3.66. The Morgan fingerprint density at radius 3 is 3.13 bits per heavy atom. The lowest BCUT2D eigenvalue weighted by molar-refractivity contribution is 0.127. The van der Waals surface area contributed by atoms with Crippen LogP contribution >= 0.6 is 0 Å². The molecular formula is C9H12N4O2. The summed E-state index contributed by atoms with van der Waals surface area (Å²) < 4.78 is 4.92. The molecule has 15 heavy (non-hydrogen) atoms. The molecule has 1 atom stereocenters. The van der Waals surface area contributed by atoms with Crippen molar-refractivity contribution in [2.24, 2.45) is 5.73 Å². The fourth-order valence-electron chi connectivity index (χ4n) is 1.23. The number of H-pyrrole nitrogens is 1. The standard InChI is InChI=1S/C9H12N4O2/c10-4-3-7(14)9-12-8(13-15-9)6-2-1-5-11-6/h1-2,5,7,11,14H,3-4,10H2. The maximum absolute atomic E-state index is 9.54. The lowest BCUT2D eigenvalue weighted by atomic mass is 10.2. The monoisotopic (exact) mass is 208 g/mol. The fourth-order valence-corrected chi connectivity index (χ4v) is 1.23. The molecular weight excluding hydrogens is 196 g/mol. The predicted molar refractivity (Wildman–Crippen MR) is 52.7 cm³/mol. The number of nitrogens with zero attached hydrogens (tertiary/aromatic N) is 2. The minimum Gasteiger partial charge on any atom is -0.383 e. The average molecular weight is 208 g/mol. The minimum atomic E-state index is -0.786. The number of aliphatic hydroxyl groups is 1. The molecule has 4 N–H and O–H groups in total. The lowest BCUT2D eigenvalue weighted by Gasteiger charge is -2.00. The first-order valence-corrected chi connectivity index (χ1v) is 4.66. The third-order valence-electron chi connectivity index (χ3n) is 2.01.